The molecule has 0 N–H and O–H groups in total. The van der Waals surface area contributed by atoms with E-state index in [-0.39, 0.29) is 36.1 Å². The van der Waals surface area contributed by atoms with Crippen molar-refractivity contribution >= 4 is 34.5 Å². The number of hydrogen-bond donors (Lipinski definition) is 0. The van der Waals surface area contributed by atoms with E-state index in [9.17, 15) is 9.59 Å². The molecular formula is C24H35N3O3S. The molecule has 1 aliphatic rings. The van der Waals surface area contributed by atoms with Gasteiger partial charge in [-0.25, -0.2) is 0 Å². The van der Waals surface area contributed by atoms with Crippen molar-refractivity contribution in [1.29, 1.82) is 0 Å². The molecular weight excluding hydrogens is 410 g/mol. The molecule has 31 heavy (non-hydrogen) atoms. The normalized spacial score (nSPS) is 19.4. The van der Waals surface area contributed by atoms with E-state index < -0.39 is 0 Å². The number of hydrogen-bond acceptors (Lipinski definition) is 4. The van der Waals surface area contributed by atoms with E-state index in [1.165, 1.54) is 0 Å². The fraction of sp³-hybridized carbons (Fsp3) is 0.583. The summed E-state index contributed by atoms with van der Waals surface area (Å²) < 4.78 is 7.76. The van der Waals surface area contributed by atoms with Crippen LogP contribution in [0.5, 0.6) is 0 Å². The number of fused-ring (bicyclic) bond motifs is 1. The van der Waals surface area contributed by atoms with Crippen LogP contribution < -0.4 is 0 Å². The van der Waals surface area contributed by atoms with Crippen molar-refractivity contribution in [3.63, 3.8) is 0 Å². The summed E-state index contributed by atoms with van der Waals surface area (Å²) in [5, 5.41) is 1.08. The first-order valence-corrected chi connectivity index (χ1v) is 12.1. The number of para-hydroxylation sites is 1. The summed E-state index contributed by atoms with van der Waals surface area (Å²) in [6, 6.07) is 8.39. The van der Waals surface area contributed by atoms with E-state index in [0.717, 1.165) is 15.8 Å². The highest BCUT2D eigenvalue weighted by Crippen LogP contribution is 2.30. The topological polar surface area (TPSA) is 54.8 Å². The summed E-state index contributed by atoms with van der Waals surface area (Å²) in [6.45, 7) is 13.8. The minimum Gasteiger partial charge on any atom is -0.372 e. The zero-order valence-corrected chi connectivity index (χ0v) is 20.3. The Balaban J connectivity index is 1.75. The molecule has 1 aromatic heterocycles. The lowest BCUT2D eigenvalue weighted by molar-refractivity contribution is -0.140. The standard InChI is InChI=1S/C24H35N3O3S/c1-16(2)27(17(3)4)23(28)14-25-13-22(20-9-7-8-10-21(20)25)31-15-24(29)26-11-18(5)30-19(6)12-26/h7-10,13,16-19H,11-12,14-15H2,1-6H3/t18-,19+. The molecule has 0 radical (unpaired) electrons. The molecule has 0 unspecified atom stereocenters. The van der Waals surface area contributed by atoms with Crippen molar-refractivity contribution in [3.8, 4) is 0 Å². The van der Waals surface area contributed by atoms with E-state index >= 15 is 0 Å². The second-order valence-electron chi connectivity index (χ2n) is 8.97. The van der Waals surface area contributed by atoms with E-state index in [1.54, 1.807) is 11.8 Å². The summed E-state index contributed by atoms with van der Waals surface area (Å²) in [5.41, 5.74) is 1.02. The van der Waals surface area contributed by atoms with Crippen molar-refractivity contribution in [2.45, 2.75) is 77.3 Å². The molecule has 0 saturated carbocycles. The molecule has 2 amide bonds. The van der Waals surface area contributed by atoms with E-state index in [4.69, 9.17) is 4.74 Å². The highest BCUT2D eigenvalue weighted by Gasteiger charge is 2.26. The van der Waals surface area contributed by atoms with Crippen LogP contribution in [0.1, 0.15) is 41.5 Å². The molecule has 2 heterocycles. The number of morpholine rings is 1. The lowest BCUT2D eigenvalue weighted by Crippen LogP contribution is -2.48. The Morgan fingerprint density at radius 3 is 2.32 bits per heavy atom. The van der Waals surface area contributed by atoms with Gasteiger partial charge in [0.1, 0.15) is 6.54 Å². The molecule has 170 valence electrons. The van der Waals surface area contributed by atoms with Gasteiger partial charge >= 0.3 is 0 Å². The Morgan fingerprint density at radius 1 is 1.10 bits per heavy atom. The van der Waals surface area contributed by atoms with Gasteiger partial charge in [0, 0.05) is 47.2 Å². The lowest BCUT2D eigenvalue weighted by Gasteiger charge is -2.35. The molecule has 7 heteroatoms. The van der Waals surface area contributed by atoms with Crippen molar-refractivity contribution < 1.29 is 14.3 Å². The van der Waals surface area contributed by atoms with Crippen LogP contribution in [-0.2, 0) is 20.9 Å². The Hall–Kier alpha value is -1.99. The van der Waals surface area contributed by atoms with E-state index in [2.05, 4.69) is 6.07 Å². The number of carbonyl (C=O) groups excluding carboxylic acids is 2. The smallest absolute Gasteiger partial charge is 0.242 e. The Bertz CT molecular complexity index is 906. The quantitative estimate of drug-likeness (QED) is 0.604. The number of benzene rings is 1. The maximum absolute atomic E-state index is 13.0. The third-order valence-corrected chi connectivity index (χ3v) is 6.61. The van der Waals surface area contributed by atoms with Crippen molar-refractivity contribution in [3.05, 3.63) is 30.5 Å². The van der Waals surface area contributed by atoms with E-state index in [0.29, 0.717) is 25.4 Å². The number of nitrogens with zero attached hydrogens (tertiary/aromatic N) is 3. The van der Waals surface area contributed by atoms with Crippen LogP contribution in [0.25, 0.3) is 10.9 Å². The minimum absolute atomic E-state index is 0.0653. The molecule has 2 aromatic rings. The van der Waals surface area contributed by atoms with Crippen molar-refractivity contribution in [1.82, 2.24) is 14.4 Å². The van der Waals surface area contributed by atoms with Gasteiger partial charge < -0.3 is 19.1 Å². The van der Waals surface area contributed by atoms with Gasteiger partial charge in [-0.3, -0.25) is 9.59 Å². The SMILES string of the molecule is CC(C)N(C(=O)Cn1cc(SCC(=O)N2C[C@@H](C)O[C@@H](C)C2)c2ccccc21)C(C)C. The molecule has 0 bridgehead atoms. The van der Waals surface area contributed by atoms with Crippen LogP contribution in [0.15, 0.2) is 35.4 Å². The van der Waals surface area contributed by atoms with Crippen LogP contribution in [0, 0.1) is 0 Å². The number of carbonyl (C=O) groups is 2. The molecule has 0 spiro atoms. The average molecular weight is 446 g/mol. The molecule has 2 atom stereocenters. The predicted molar refractivity (Wildman–Crippen MR) is 126 cm³/mol. The van der Waals surface area contributed by atoms with Gasteiger partial charge in [0.2, 0.25) is 11.8 Å². The van der Waals surface area contributed by atoms with Crippen LogP contribution in [0.4, 0.5) is 0 Å². The molecule has 1 fully saturated rings. The fourth-order valence-corrected chi connectivity index (χ4v) is 5.46. The molecule has 1 aliphatic heterocycles. The number of amides is 2. The van der Waals surface area contributed by atoms with Gasteiger partial charge in [-0.1, -0.05) is 18.2 Å². The monoisotopic (exact) mass is 445 g/mol. The van der Waals surface area contributed by atoms with Gasteiger partial charge in [0.05, 0.1) is 18.0 Å². The Labute approximate surface area is 189 Å². The zero-order valence-electron chi connectivity index (χ0n) is 19.5. The number of rotatable bonds is 7. The minimum atomic E-state index is 0.0653. The van der Waals surface area contributed by atoms with Gasteiger partial charge in [-0.15, -0.1) is 11.8 Å². The van der Waals surface area contributed by atoms with Gasteiger partial charge in [0.15, 0.2) is 0 Å². The summed E-state index contributed by atoms with van der Waals surface area (Å²) in [5.74, 6) is 0.617. The van der Waals surface area contributed by atoms with Crippen LogP contribution in [0.3, 0.4) is 0 Å². The number of ether oxygens (including phenoxy) is 1. The maximum atomic E-state index is 13.0. The first kappa shape index (κ1) is 23.7. The second kappa shape index (κ2) is 10.1. The van der Waals surface area contributed by atoms with E-state index in [1.807, 2.05) is 80.3 Å². The lowest BCUT2D eigenvalue weighted by atomic mass is 10.2. The molecule has 0 aliphatic carbocycles. The highest BCUT2D eigenvalue weighted by atomic mass is 32.2. The molecule has 6 nitrogen and oxygen atoms in total. The molecule has 1 aromatic carbocycles. The van der Waals surface area contributed by atoms with Gasteiger partial charge in [-0.2, -0.15) is 0 Å². The molecule has 1 saturated heterocycles. The fourth-order valence-electron chi connectivity index (χ4n) is 4.47. The number of aromatic nitrogens is 1. The van der Waals surface area contributed by atoms with Crippen molar-refractivity contribution in [2.75, 3.05) is 18.8 Å². The van der Waals surface area contributed by atoms with Gasteiger partial charge in [-0.05, 0) is 47.6 Å². The summed E-state index contributed by atoms with van der Waals surface area (Å²) >= 11 is 1.55. The highest BCUT2D eigenvalue weighted by molar-refractivity contribution is 8.00. The third kappa shape index (κ3) is 5.63. The summed E-state index contributed by atoms with van der Waals surface area (Å²) in [4.78, 5) is 30.7. The summed E-state index contributed by atoms with van der Waals surface area (Å²) in [6.07, 6.45) is 2.15. The zero-order chi connectivity index (χ0) is 22.7. The van der Waals surface area contributed by atoms with Crippen molar-refractivity contribution in [2.24, 2.45) is 0 Å². The van der Waals surface area contributed by atoms with Gasteiger partial charge in [0.25, 0.3) is 0 Å². The van der Waals surface area contributed by atoms with Crippen LogP contribution in [0.2, 0.25) is 0 Å². The van der Waals surface area contributed by atoms with Crippen LogP contribution in [-0.4, -0.2) is 69.3 Å². The van der Waals surface area contributed by atoms with Crippen LogP contribution >= 0.6 is 11.8 Å². The first-order valence-electron chi connectivity index (χ1n) is 11.1. The number of thioether (sulfide) groups is 1. The second-order valence-corrected chi connectivity index (χ2v) is 9.99. The average Bonchev–Trinajstić information content (AvgIpc) is 3.02. The first-order chi connectivity index (χ1) is 14.7. The largest absolute Gasteiger partial charge is 0.372 e. The Morgan fingerprint density at radius 2 is 1.71 bits per heavy atom. The predicted octanol–water partition coefficient (Wildman–Crippen LogP) is 4.01. The molecule has 3 rings (SSSR count). The Kier molecular flexibility index (Phi) is 7.70. The maximum Gasteiger partial charge on any atom is 0.242 e. The third-order valence-electron chi connectivity index (χ3n) is 5.58. The summed E-state index contributed by atoms with van der Waals surface area (Å²) in [7, 11) is 0.